The first-order chi connectivity index (χ1) is 23.7. The maximum atomic E-state index is 14.1. The molecule has 3 unspecified atom stereocenters. The minimum Gasteiger partial charge on any atom is -0.481 e. The number of hydrogen-bond donors (Lipinski definition) is 4. The number of thiazole rings is 1. The molecule has 13 heteroatoms. The third kappa shape index (κ3) is 11.9. The van der Waals surface area contributed by atoms with Gasteiger partial charge in [0.1, 0.15) is 16.7 Å². The van der Waals surface area contributed by atoms with Crippen molar-refractivity contribution in [1.82, 2.24) is 25.8 Å². The van der Waals surface area contributed by atoms with Crippen molar-refractivity contribution in [3.63, 3.8) is 0 Å². The van der Waals surface area contributed by atoms with E-state index < -0.39 is 48.0 Å². The third-order valence-corrected chi connectivity index (χ3v) is 10.5. The fraction of sp³-hybridized carbons (Fsp3) is 0.622. The molecule has 12 nitrogen and oxygen atoms in total. The van der Waals surface area contributed by atoms with Crippen LogP contribution in [0.25, 0.3) is 0 Å². The highest BCUT2D eigenvalue weighted by atomic mass is 32.1. The molecule has 50 heavy (non-hydrogen) atoms. The molecule has 0 aliphatic carbocycles. The van der Waals surface area contributed by atoms with Crippen LogP contribution in [0, 0.1) is 17.8 Å². The van der Waals surface area contributed by atoms with Crippen molar-refractivity contribution in [3.8, 4) is 0 Å². The topological polar surface area (TPSA) is 167 Å². The van der Waals surface area contributed by atoms with Gasteiger partial charge in [0.15, 0.2) is 6.10 Å². The molecule has 0 saturated carbocycles. The van der Waals surface area contributed by atoms with Gasteiger partial charge in [0.25, 0.3) is 5.91 Å². The first kappa shape index (κ1) is 40.6. The molecule has 4 N–H and O–H groups in total. The number of ether oxygens (including phenoxy) is 1. The predicted octanol–water partition coefficient (Wildman–Crippen LogP) is 4.75. The number of carboxylic acids is 1. The summed E-state index contributed by atoms with van der Waals surface area (Å²) in [5, 5.41) is 20.8. The molecule has 2 heterocycles. The minimum atomic E-state index is -0.945. The third-order valence-electron chi connectivity index (χ3n) is 9.53. The highest BCUT2D eigenvalue weighted by molar-refractivity contribution is 7.09. The van der Waals surface area contributed by atoms with Gasteiger partial charge in [0, 0.05) is 37.9 Å². The van der Waals surface area contributed by atoms with E-state index in [0.29, 0.717) is 17.8 Å². The smallest absolute Gasteiger partial charge is 0.306 e. The molecule has 1 aliphatic rings. The van der Waals surface area contributed by atoms with Gasteiger partial charge in [0.05, 0.1) is 12.0 Å². The molecule has 0 radical (unpaired) electrons. The molecule has 1 fully saturated rings. The van der Waals surface area contributed by atoms with Crippen LogP contribution in [0.5, 0.6) is 0 Å². The van der Waals surface area contributed by atoms with E-state index in [1.165, 1.54) is 18.3 Å². The fourth-order valence-electron chi connectivity index (χ4n) is 6.31. The number of rotatable bonds is 18. The summed E-state index contributed by atoms with van der Waals surface area (Å²) in [6, 6.07) is 7.63. The van der Waals surface area contributed by atoms with Crippen LogP contribution in [0.4, 0.5) is 0 Å². The second-order valence-electron chi connectivity index (χ2n) is 13.9. The van der Waals surface area contributed by atoms with E-state index in [-0.39, 0.29) is 48.2 Å². The summed E-state index contributed by atoms with van der Waals surface area (Å²) in [6.45, 7) is 11.6. The van der Waals surface area contributed by atoms with Crippen molar-refractivity contribution < 1.29 is 33.8 Å². The van der Waals surface area contributed by atoms with Crippen LogP contribution in [0.2, 0.25) is 0 Å². The zero-order valence-corrected chi connectivity index (χ0v) is 31.3. The Morgan fingerprint density at radius 3 is 2.34 bits per heavy atom. The van der Waals surface area contributed by atoms with Gasteiger partial charge in [-0.1, -0.05) is 77.8 Å². The lowest BCUT2D eigenvalue weighted by atomic mass is 9.92. The summed E-state index contributed by atoms with van der Waals surface area (Å²) >= 11 is 1.18. The number of nitrogens with zero attached hydrogens (tertiary/aromatic N) is 2. The summed E-state index contributed by atoms with van der Waals surface area (Å²) in [5.74, 6) is -3.15. The number of nitrogens with one attached hydrogen (secondary N) is 3. The van der Waals surface area contributed by atoms with E-state index in [1.54, 1.807) is 24.3 Å². The van der Waals surface area contributed by atoms with E-state index in [1.807, 2.05) is 58.0 Å². The molecule has 3 rings (SSSR count). The first-order valence-corrected chi connectivity index (χ1v) is 18.6. The molecule has 1 aromatic heterocycles. The Hall–Kier alpha value is -3.84. The Bertz CT molecular complexity index is 1430. The Kier molecular flexibility index (Phi) is 15.8. The minimum absolute atomic E-state index is 0.0481. The van der Waals surface area contributed by atoms with Gasteiger partial charge >= 0.3 is 11.9 Å². The summed E-state index contributed by atoms with van der Waals surface area (Å²) in [6.07, 6.45) is 3.46. The second kappa shape index (κ2) is 19.5. The van der Waals surface area contributed by atoms with Crippen LogP contribution < -0.4 is 16.0 Å². The zero-order valence-electron chi connectivity index (χ0n) is 30.4. The number of carbonyl (C=O) groups excluding carboxylic acids is 4. The summed E-state index contributed by atoms with van der Waals surface area (Å²) in [4.78, 5) is 70.8. The van der Waals surface area contributed by atoms with Gasteiger partial charge in [-0.2, -0.15) is 0 Å². The average molecular weight is 714 g/mol. The van der Waals surface area contributed by atoms with Crippen LogP contribution in [0.3, 0.4) is 0 Å². The number of aliphatic carboxylic acids is 1. The number of carbonyl (C=O) groups is 5. The SMILES string of the molecule is CC[C@H](C)[C@H](NC(=O)[C@@H]1CCCCN1)C(=O)N(C)C(CC(OC(C)=O)c1nc(C(=O)N[C@@H](Cc2ccccc2)CC(C)C(=O)O)cs1)C(C)C. The fourth-order valence-corrected chi connectivity index (χ4v) is 7.15. The maximum absolute atomic E-state index is 14.1. The van der Waals surface area contributed by atoms with Crippen molar-refractivity contribution in [2.24, 2.45) is 17.8 Å². The van der Waals surface area contributed by atoms with Crippen molar-refractivity contribution in [1.29, 1.82) is 0 Å². The van der Waals surface area contributed by atoms with Gasteiger partial charge in [-0.3, -0.25) is 24.0 Å². The van der Waals surface area contributed by atoms with Gasteiger partial charge in [-0.05, 0) is 49.6 Å². The van der Waals surface area contributed by atoms with E-state index >= 15 is 0 Å². The molecule has 7 atom stereocenters. The Labute approximate surface area is 300 Å². The molecular weight excluding hydrogens is 659 g/mol. The summed E-state index contributed by atoms with van der Waals surface area (Å²) in [7, 11) is 1.71. The number of amides is 3. The van der Waals surface area contributed by atoms with Gasteiger partial charge in [0.2, 0.25) is 11.8 Å². The quantitative estimate of drug-likeness (QED) is 0.160. The number of likely N-dealkylation sites (N-methyl/N-ethyl adjacent to an activating group) is 1. The molecule has 1 aliphatic heterocycles. The van der Waals surface area contributed by atoms with Crippen molar-refractivity contribution >= 4 is 41.0 Å². The summed E-state index contributed by atoms with van der Waals surface area (Å²) < 4.78 is 5.75. The monoisotopic (exact) mass is 713 g/mol. The lowest BCUT2D eigenvalue weighted by Gasteiger charge is -2.37. The molecule has 0 bridgehead atoms. The summed E-state index contributed by atoms with van der Waals surface area (Å²) in [5.41, 5.74) is 1.09. The molecular formula is C37H55N5O7S. The standard InChI is InChI=1S/C37H55N5O7S/c1-8-23(4)32(41-33(44)28-16-12-13-17-38-28)36(46)42(7)30(22(2)3)20-31(49-25(6)43)35-40-29(21-50-35)34(45)39-27(18-24(5)37(47)48)19-26-14-10-9-11-15-26/h9-11,14-15,21-24,27-28,30-32,38H,8,12-13,16-20H2,1-7H3,(H,39,45)(H,41,44)(H,47,48)/t23-,24?,27+,28-,30?,31?,32-/m0/s1. The van der Waals surface area contributed by atoms with E-state index in [2.05, 4.69) is 20.9 Å². The largest absolute Gasteiger partial charge is 0.481 e. The van der Waals surface area contributed by atoms with Gasteiger partial charge in [-0.15, -0.1) is 11.3 Å². The Morgan fingerprint density at radius 1 is 1.06 bits per heavy atom. The Balaban J connectivity index is 1.80. The van der Waals surface area contributed by atoms with Gasteiger partial charge in [-0.25, -0.2) is 4.98 Å². The first-order valence-electron chi connectivity index (χ1n) is 17.7. The lowest BCUT2D eigenvalue weighted by Crippen LogP contribution is -2.57. The highest BCUT2D eigenvalue weighted by Crippen LogP contribution is 2.31. The van der Waals surface area contributed by atoms with E-state index in [4.69, 9.17) is 4.74 Å². The van der Waals surface area contributed by atoms with Gasteiger partial charge < -0.3 is 30.7 Å². The molecule has 3 amide bonds. The molecule has 1 saturated heterocycles. The van der Waals surface area contributed by atoms with Crippen molar-refractivity contribution in [2.45, 2.75) is 117 Å². The normalized spacial score (nSPS) is 18.2. The van der Waals surface area contributed by atoms with Crippen LogP contribution in [0.15, 0.2) is 35.7 Å². The maximum Gasteiger partial charge on any atom is 0.306 e. The van der Waals surface area contributed by atoms with Crippen LogP contribution in [-0.2, 0) is 30.3 Å². The molecule has 276 valence electrons. The number of carboxylic acid groups (broad SMARTS) is 1. The van der Waals surface area contributed by atoms with E-state index in [9.17, 15) is 29.1 Å². The molecule has 2 aromatic rings. The molecule has 0 spiro atoms. The number of aromatic nitrogens is 1. The zero-order chi connectivity index (χ0) is 37.0. The number of piperidine rings is 1. The average Bonchev–Trinajstić information content (AvgIpc) is 3.59. The number of hydrogen-bond acceptors (Lipinski definition) is 9. The van der Waals surface area contributed by atoms with Crippen LogP contribution >= 0.6 is 11.3 Å². The predicted molar refractivity (Wildman–Crippen MR) is 192 cm³/mol. The number of benzene rings is 1. The van der Waals surface area contributed by atoms with Crippen molar-refractivity contribution in [2.75, 3.05) is 13.6 Å². The Morgan fingerprint density at radius 2 is 1.76 bits per heavy atom. The number of esters is 1. The second-order valence-corrected chi connectivity index (χ2v) is 14.8. The molecule has 1 aromatic carbocycles. The van der Waals surface area contributed by atoms with Crippen LogP contribution in [-0.4, -0.2) is 82.4 Å². The van der Waals surface area contributed by atoms with Crippen LogP contribution in [0.1, 0.15) is 107 Å². The lowest BCUT2D eigenvalue weighted by molar-refractivity contribution is -0.149. The highest BCUT2D eigenvalue weighted by Gasteiger charge is 2.36. The van der Waals surface area contributed by atoms with E-state index in [0.717, 1.165) is 31.4 Å². The van der Waals surface area contributed by atoms with Crippen molar-refractivity contribution in [3.05, 3.63) is 52.0 Å².